The van der Waals surface area contributed by atoms with Crippen LogP contribution in [0.2, 0.25) is 5.15 Å². The van der Waals surface area contributed by atoms with Gasteiger partial charge >= 0.3 is 0 Å². The molecule has 0 saturated carbocycles. The SMILES string of the molecule is CCC1CCNC(C(=O)Nc2cnc(Cl)c(Br)c2)C1. The molecule has 1 aliphatic heterocycles. The Balaban J connectivity index is 1.98. The summed E-state index contributed by atoms with van der Waals surface area (Å²) >= 11 is 9.11. The van der Waals surface area contributed by atoms with Crippen LogP contribution >= 0.6 is 27.5 Å². The normalized spacial score (nSPS) is 23.1. The molecule has 2 atom stereocenters. The quantitative estimate of drug-likeness (QED) is 0.826. The van der Waals surface area contributed by atoms with Crippen LogP contribution < -0.4 is 10.6 Å². The first-order valence-electron chi connectivity index (χ1n) is 6.45. The lowest BCUT2D eigenvalue weighted by Gasteiger charge is -2.28. The second kappa shape index (κ2) is 6.68. The molecule has 1 saturated heterocycles. The van der Waals surface area contributed by atoms with E-state index in [1.807, 2.05) is 0 Å². The van der Waals surface area contributed by atoms with Gasteiger partial charge in [-0.1, -0.05) is 24.9 Å². The summed E-state index contributed by atoms with van der Waals surface area (Å²) in [7, 11) is 0. The summed E-state index contributed by atoms with van der Waals surface area (Å²) in [5, 5.41) is 6.52. The van der Waals surface area contributed by atoms with Gasteiger partial charge < -0.3 is 10.6 Å². The van der Waals surface area contributed by atoms with E-state index in [0.29, 0.717) is 21.2 Å². The third-order valence-electron chi connectivity index (χ3n) is 3.47. The van der Waals surface area contributed by atoms with Crippen LogP contribution in [0.15, 0.2) is 16.7 Å². The van der Waals surface area contributed by atoms with Gasteiger partial charge in [-0.05, 0) is 47.3 Å². The van der Waals surface area contributed by atoms with Gasteiger partial charge in [0.15, 0.2) is 0 Å². The third kappa shape index (κ3) is 3.91. The summed E-state index contributed by atoms with van der Waals surface area (Å²) in [4.78, 5) is 16.2. The van der Waals surface area contributed by atoms with Gasteiger partial charge in [-0.15, -0.1) is 0 Å². The number of carbonyl (C=O) groups excluding carboxylic acids is 1. The zero-order valence-corrected chi connectivity index (χ0v) is 13.1. The first-order valence-corrected chi connectivity index (χ1v) is 7.62. The number of hydrogen-bond donors (Lipinski definition) is 2. The van der Waals surface area contributed by atoms with Crippen molar-refractivity contribution in [1.29, 1.82) is 0 Å². The van der Waals surface area contributed by atoms with Crippen molar-refractivity contribution in [3.63, 3.8) is 0 Å². The fraction of sp³-hybridized carbons (Fsp3) is 0.538. The van der Waals surface area contributed by atoms with Gasteiger partial charge in [-0.3, -0.25) is 4.79 Å². The summed E-state index contributed by atoms with van der Waals surface area (Å²) < 4.78 is 0.676. The molecule has 2 heterocycles. The van der Waals surface area contributed by atoms with Gasteiger partial charge in [0.25, 0.3) is 0 Å². The topological polar surface area (TPSA) is 54.0 Å². The molecule has 0 bridgehead atoms. The summed E-state index contributed by atoms with van der Waals surface area (Å²) in [6.45, 7) is 3.07. The van der Waals surface area contributed by atoms with Crippen LogP contribution in [0.3, 0.4) is 0 Å². The highest BCUT2D eigenvalue weighted by Gasteiger charge is 2.25. The van der Waals surface area contributed by atoms with Crippen LogP contribution in [-0.2, 0) is 4.79 Å². The van der Waals surface area contributed by atoms with Crippen molar-refractivity contribution in [1.82, 2.24) is 10.3 Å². The first-order chi connectivity index (χ1) is 9.10. The molecule has 1 aromatic heterocycles. The lowest BCUT2D eigenvalue weighted by Crippen LogP contribution is -2.46. The van der Waals surface area contributed by atoms with E-state index in [4.69, 9.17) is 11.6 Å². The van der Waals surface area contributed by atoms with Crippen molar-refractivity contribution in [2.24, 2.45) is 5.92 Å². The third-order valence-corrected chi connectivity index (χ3v) is 4.60. The molecule has 1 fully saturated rings. The summed E-state index contributed by atoms with van der Waals surface area (Å²) in [6.07, 6.45) is 4.73. The van der Waals surface area contributed by atoms with Crippen molar-refractivity contribution in [2.75, 3.05) is 11.9 Å². The number of piperidine rings is 1. The van der Waals surface area contributed by atoms with Crippen molar-refractivity contribution in [3.8, 4) is 0 Å². The van der Waals surface area contributed by atoms with Crippen molar-refractivity contribution in [2.45, 2.75) is 32.2 Å². The zero-order valence-electron chi connectivity index (χ0n) is 10.7. The number of halogens is 2. The molecule has 2 N–H and O–H groups in total. The van der Waals surface area contributed by atoms with Gasteiger partial charge in [0.2, 0.25) is 5.91 Å². The molecule has 1 aromatic rings. The van der Waals surface area contributed by atoms with E-state index >= 15 is 0 Å². The maximum Gasteiger partial charge on any atom is 0.241 e. The molecule has 2 unspecified atom stereocenters. The number of pyridine rings is 1. The van der Waals surface area contributed by atoms with Gasteiger partial charge in [0.1, 0.15) is 5.15 Å². The fourth-order valence-electron chi connectivity index (χ4n) is 2.29. The molecular weight excluding hydrogens is 330 g/mol. The maximum absolute atomic E-state index is 12.2. The minimum absolute atomic E-state index is 0.00540. The Morgan fingerprint density at radius 2 is 2.47 bits per heavy atom. The first kappa shape index (κ1) is 14.8. The largest absolute Gasteiger partial charge is 0.323 e. The van der Waals surface area contributed by atoms with Gasteiger partial charge in [-0.2, -0.15) is 0 Å². The number of anilines is 1. The zero-order chi connectivity index (χ0) is 13.8. The highest BCUT2D eigenvalue weighted by molar-refractivity contribution is 9.10. The molecule has 4 nitrogen and oxygen atoms in total. The van der Waals surface area contributed by atoms with Crippen molar-refractivity contribution in [3.05, 3.63) is 21.9 Å². The monoisotopic (exact) mass is 345 g/mol. The number of carbonyl (C=O) groups is 1. The molecule has 19 heavy (non-hydrogen) atoms. The Hall–Kier alpha value is -0.650. The Bertz CT molecular complexity index is 469. The highest BCUT2D eigenvalue weighted by atomic mass is 79.9. The smallest absolute Gasteiger partial charge is 0.241 e. The standard InChI is InChI=1S/C13H17BrClN3O/c1-2-8-3-4-16-11(5-8)13(19)18-9-6-10(14)12(15)17-7-9/h6-8,11,16H,2-5H2,1H3,(H,18,19). The van der Waals surface area contributed by atoms with E-state index in [-0.39, 0.29) is 11.9 Å². The number of nitrogens with zero attached hydrogens (tertiary/aromatic N) is 1. The lowest BCUT2D eigenvalue weighted by molar-refractivity contribution is -0.119. The molecule has 1 aliphatic rings. The molecule has 2 rings (SSSR count). The Morgan fingerprint density at radius 1 is 1.68 bits per heavy atom. The average Bonchev–Trinajstić information content (AvgIpc) is 2.43. The van der Waals surface area contributed by atoms with Crippen molar-refractivity contribution < 1.29 is 4.79 Å². The Labute approximate surface area is 126 Å². The van der Waals surface area contributed by atoms with E-state index in [9.17, 15) is 4.79 Å². The molecular formula is C13H17BrClN3O. The van der Waals surface area contributed by atoms with E-state index in [0.717, 1.165) is 25.8 Å². The molecule has 0 spiro atoms. The average molecular weight is 347 g/mol. The van der Waals surface area contributed by atoms with Crippen LogP contribution in [0.25, 0.3) is 0 Å². The second-order valence-electron chi connectivity index (χ2n) is 4.79. The van der Waals surface area contributed by atoms with Gasteiger partial charge in [0, 0.05) is 0 Å². The summed E-state index contributed by atoms with van der Waals surface area (Å²) in [5.41, 5.74) is 0.654. The number of nitrogens with one attached hydrogen (secondary N) is 2. The van der Waals surface area contributed by atoms with Gasteiger partial charge in [-0.25, -0.2) is 4.98 Å². The van der Waals surface area contributed by atoms with E-state index in [1.54, 1.807) is 12.3 Å². The van der Waals surface area contributed by atoms with Crippen LogP contribution in [0.5, 0.6) is 0 Å². The van der Waals surface area contributed by atoms with E-state index in [1.165, 1.54) is 0 Å². The van der Waals surface area contributed by atoms with E-state index < -0.39 is 0 Å². The maximum atomic E-state index is 12.2. The molecule has 0 aromatic carbocycles. The molecule has 0 aliphatic carbocycles. The predicted molar refractivity (Wildman–Crippen MR) is 80.4 cm³/mol. The Morgan fingerprint density at radius 3 is 3.16 bits per heavy atom. The summed E-state index contributed by atoms with van der Waals surface area (Å²) in [6, 6.07) is 1.64. The van der Waals surface area contributed by atoms with Crippen LogP contribution in [-0.4, -0.2) is 23.5 Å². The van der Waals surface area contributed by atoms with Crippen LogP contribution in [0.4, 0.5) is 5.69 Å². The molecule has 104 valence electrons. The molecule has 1 amide bonds. The fourth-order valence-corrected chi connectivity index (χ4v) is 2.74. The van der Waals surface area contributed by atoms with Crippen LogP contribution in [0.1, 0.15) is 26.2 Å². The van der Waals surface area contributed by atoms with E-state index in [2.05, 4.69) is 38.5 Å². The summed E-state index contributed by atoms with van der Waals surface area (Å²) in [5.74, 6) is 0.626. The van der Waals surface area contributed by atoms with Gasteiger partial charge in [0.05, 0.1) is 22.4 Å². The lowest BCUT2D eigenvalue weighted by atomic mass is 9.90. The molecule has 0 radical (unpaired) electrons. The minimum Gasteiger partial charge on any atom is -0.323 e. The minimum atomic E-state index is -0.117. The number of aromatic nitrogens is 1. The number of hydrogen-bond acceptors (Lipinski definition) is 3. The number of amides is 1. The van der Waals surface area contributed by atoms with Crippen molar-refractivity contribution >= 4 is 39.1 Å². The highest BCUT2D eigenvalue weighted by Crippen LogP contribution is 2.24. The Kier molecular flexibility index (Phi) is 5.19. The van der Waals surface area contributed by atoms with Crippen LogP contribution in [0, 0.1) is 5.92 Å². The molecule has 6 heteroatoms. The number of rotatable bonds is 3. The predicted octanol–water partition coefficient (Wildman–Crippen LogP) is 3.21. The second-order valence-corrected chi connectivity index (χ2v) is 6.00.